The number of carboxylic acid groups (broad SMARTS) is 1. The first-order valence-corrected chi connectivity index (χ1v) is 41.3. The normalized spacial score (nSPS) is 14.3. The summed E-state index contributed by atoms with van der Waals surface area (Å²) in [5, 5.41) is 19.2. The van der Waals surface area contributed by atoms with E-state index in [0.29, 0.717) is 94.0 Å². The summed E-state index contributed by atoms with van der Waals surface area (Å²) in [4.78, 5) is 79.1. The molecule has 13 aromatic rings. The Morgan fingerprint density at radius 3 is 0.784 bits per heavy atom. The van der Waals surface area contributed by atoms with Crippen molar-refractivity contribution in [3.8, 4) is 46.0 Å². The number of carbonyl (C=O) groups excluding carboxylic acids is 4. The van der Waals surface area contributed by atoms with E-state index in [4.69, 9.17) is 18.9 Å². The van der Waals surface area contributed by atoms with Crippen LogP contribution in [0, 0.1) is 21.7 Å². The van der Waals surface area contributed by atoms with E-state index >= 15 is 19.2 Å². The number of ether oxygens (including phenoxy) is 4. The molecule has 0 unspecified atom stereocenters. The zero-order valence-corrected chi connectivity index (χ0v) is 72.3. The average Bonchev–Trinajstić information content (AvgIpc) is 0.668. The van der Waals surface area contributed by atoms with Crippen molar-refractivity contribution in [3.05, 3.63) is 219 Å². The summed E-state index contributed by atoms with van der Waals surface area (Å²) < 4.78 is 29.8. The van der Waals surface area contributed by atoms with Crippen LogP contribution in [0.2, 0.25) is 0 Å². The number of para-hydroxylation sites is 1. The molecule has 0 spiro atoms. The van der Waals surface area contributed by atoms with Crippen molar-refractivity contribution >= 4 is 111 Å². The number of amides is 4. The molecule has 2 heterocycles. The third-order valence-corrected chi connectivity index (χ3v) is 23.9. The van der Waals surface area contributed by atoms with E-state index in [1.165, 1.54) is 4.90 Å². The number of hydrogen-bond acceptors (Lipinski definition) is 9. The number of anilines is 1. The lowest BCUT2D eigenvalue weighted by Gasteiger charge is -2.34. The summed E-state index contributed by atoms with van der Waals surface area (Å²) in [6.07, 6.45) is 3.66. The summed E-state index contributed by atoms with van der Waals surface area (Å²) in [5.41, 5.74) is 6.88. The molecular weight excluding hydrogens is 1440 g/mol. The Labute approximate surface area is 683 Å². The fraction of sp³-hybridized carbons (Fsp3) is 0.375. The van der Waals surface area contributed by atoms with E-state index in [0.717, 1.165) is 85.5 Å². The molecule has 15 rings (SSSR count). The molecule has 0 fully saturated rings. The van der Waals surface area contributed by atoms with E-state index in [1.807, 2.05) is 78.9 Å². The fourth-order valence-electron chi connectivity index (χ4n) is 20.7. The molecule has 2 aliphatic rings. The maximum absolute atomic E-state index is 16.6. The first kappa shape index (κ1) is 80.3. The van der Waals surface area contributed by atoms with Crippen molar-refractivity contribution in [1.29, 1.82) is 0 Å². The minimum atomic E-state index is -1.36. The molecule has 13 aromatic carbocycles. The van der Waals surface area contributed by atoms with Crippen LogP contribution >= 0.6 is 0 Å². The van der Waals surface area contributed by atoms with Gasteiger partial charge < -0.3 is 24.1 Å². The van der Waals surface area contributed by atoms with Gasteiger partial charge in [-0.3, -0.25) is 28.9 Å². The van der Waals surface area contributed by atoms with Gasteiger partial charge in [0.15, 0.2) is 0 Å². The molecular formula is C104H112N2O10. The summed E-state index contributed by atoms with van der Waals surface area (Å²) in [6.45, 7) is 52.6. The Hall–Kier alpha value is -10.9. The predicted octanol–water partition coefficient (Wildman–Crippen LogP) is 28.4. The number of fused-ring (bicyclic) bond motifs is 4. The molecule has 0 aliphatic carbocycles. The molecule has 116 heavy (non-hydrogen) atoms. The minimum Gasteiger partial charge on any atom is -0.480 e. The first-order valence-electron chi connectivity index (χ1n) is 41.3. The molecule has 0 aromatic heterocycles. The zero-order valence-electron chi connectivity index (χ0n) is 72.3. The van der Waals surface area contributed by atoms with E-state index in [2.05, 4.69) is 239 Å². The smallest absolute Gasteiger partial charge is 0.323 e. The average molecular weight is 1550 g/mol. The van der Waals surface area contributed by atoms with Gasteiger partial charge in [0.05, 0.1) is 27.9 Å². The Kier molecular flexibility index (Phi) is 19.4. The van der Waals surface area contributed by atoms with Gasteiger partial charge in [-0.15, -0.1) is 0 Å². The third-order valence-electron chi connectivity index (χ3n) is 23.9. The number of hydrogen-bond donors (Lipinski definition) is 1. The summed E-state index contributed by atoms with van der Waals surface area (Å²) >= 11 is 0. The van der Waals surface area contributed by atoms with Crippen LogP contribution in [0.25, 0.3) is 75.4 Å². The fourth-order valence-corrected chi connectivity index (χ4v) is 20.7. The van der Waals surface area contributed by atoms with Crippen LogP contribution in [0.5, 0.6) is 46.0 Å². The van der Waals surface area contributed by atoms with Crippen LogP contribution in [-0.4, -0.2) is 46.1 Å². The van der Waals surface area contributed by atoms with Crippen LogP contribution in [0.4, 0.5) is 5.69 Å². The monoisotopic (exact) mass is 1550 g/mol. The topological polar surface area (TPSA) is 149 Å². The number of rotatable bonds is 21. The number of carboxylic acids is 1. The Morgan fingerprint density at radius 1 is 0.319 bits per heavy atom. The highest BCUT2D eigenvalue weighted by atomic mass is 16.5. The standard InChI is InChI=1S/C104H112N2O10/c1-57(2)67-26-25-27-68(58(3)4)92(67)106-95(111)75-50-79(115-65-40-32-61(33-41-65)103(21,22)55-99(11,12)13)88-71-46-44-69-82-70(45-47-72(83(71)82)89-80(51-76(96(106)112)85(75)91(88)89)116-66-42-34-62(35-43-66)104(23,24)56-100(14,15)16)87-78(114-64-38-30-60(31-39-64)102(19,20)54-98(8,9)10)49-74-84-73(93(109)105(94(74)110)52-81(107)108)48-77(86(69)90(84)87)113-63-36-28-59(29-37-63)101(17,18)53-97(5,6)7/h25-51,57-58H,52-56H2,1-24H3,(H,107,108). The third kappa shape index (κ3) is 14.4. The Balaban J connectivity index is 1.09. The second kappa shape index (κ2) is 27.9. The minimum absolute atomic E-state index is 0.0287. The first-order chi connectivity index (χ1) is 54.1. The van der Waals surface area contributed by atoms with Gasteiger partial charge in [-0.1, -0.05) is 257 Å². The molecule has 4 amide bonds. The van der Waals surface area contributed by atoms with Gasteiger partial charge >= 0.3 is 5.97 Å². The molecule has 0 saturated carbocycles. The van der Waals surface area contributed by atoms with Crippen LogP contribution in [0.15, 0.2) is 164 Å². The lowest BCUT2D eigenvalue weighted by Crippen LogP contribution is -2.43. The maximum Gasteiger partial charge on any atom is 0.323 e. The van der Waals surface area contributed by atoms with Gasteiger partial charge in [0, 0.05) is 43.1 Å². The number of carbonyl (C=O) groups is 5. The van der Waals surface area contributed by atoms with Gasteiger partial charge in [-0.25, -0.2) is 4.90 Å². The van der Waals surface area contributed by atoms with E-state index < -0.39 is 36.1 Å². The Bertz CT molecular complexity index is 5830. The number of imide groups is 2. The molecule has 2 aliphatic heterocycles. The van der Waals surface area contributed by atoms with Gasteiger partial charge in [-0.05, 0) is 219 Å². The summed E-state index contributed by atoms with van der Waals surface area (Å²) in [6, 6.07) is 54.1. The van der Waals surface area contributed by atoms with Crippen LogP contribution in [0.3, 0.4) is 0 Å². The largest absolute Gasteiger partial charge is 0.480 e. The van der Waals surface area contributed by atoms with Crippen molar-refractivity contribution in [2.45, 2.75) is 225 Å². The zero-order chi connectivity index (χ0) is 83.7. The highest BCUT2D eigenvalue weighted by molar-refractivity contribution is 6.48. The molecule has 0 bridgehead atoms. The lowest BCUT2D eigenvalue weighted by molar-refractivity contribution is -0.137. The van der Waals surface area contributed by atoms with Gasteiger partial charge in [-0.2, -0.15) is 0 Å². The van der Waals surface area contributed by atoms with Crippen LogP contribution in [0.1, 0.15) is 279 Å². The van der Waals surface area contributed by atoms with Crippen molar-refractivity contribution in [3.63, 3.8) is 0 Å². The van der Waals surface area contributed by atoms with E-state index in [1.54, 1.807) is 12.1 Å². The summed E-state index contributed by atoms with van der Waals surface area (Å²) in [5.74, 6) is -0.709. The molecule has 0 radical (unpaired) electrons. The lowest BCUT2D eigenvalue weighted by atomic mass is 9.72. The number of aliphatic carboxylic acids is 1. The second-order valence-corrected chi connectivity index (χ2v) is 41.4. The van der Waals surface area contributed by atoms with Crippen molar-refractivity contribution in [2.24, 2.45) is 21.7 Å². The SMILES string of the molecule is CC(C)c1cccc(C(C)C)c1N1C(=O)c2cc(Oc3ccc(C(C)(C)CC(C)(C)C)cc3)c3c4ccc5c6c(Oc7ccc(C(C)(C)CC(C)(C)C)cc7)cc7c8c(cc(Oc9ccc(C(C)(C)CC(C)(C)C)cc9)c(c9ccc(c%10c(Oc%11ccc(C(C)(C)CC(C)(C)C)cc%11)cc(c2c3%10)C1=O)c4c59)c86)C(=O)N(CC(=O)O)C7=O. The molecule has 598 valence electrons. The van der Waals surface area contributed by atoms with Crippen molar-refractivity contribution in [2.75, 3.05) is 11.4 Å². The molecule has 0 saturated heterocycles. The molecule has 0 atom stereocenters. The quantitative estimate of drug-likeness (QED) is 0.0419. The molecule has 12 nitrogen and oxygen atoms in total. The van der Waals surface area contributed by atoms with Gasteiger partial charge in [0.1, 0.15) is 52.5 Å². The molecule has 1 N–H and O–H groups in total. The molecule has 12 heteroatoms. The van der Waals surface area contributed by atoms with Crippen LogP contribution < -0.4 is 23.8 Å². The Morgan fingerprint density at radius 2 is 0.560 bits per heavy atom. The van der Waals surface area contributed by atoms with Gasteiger partial charge in [0.25, 0.3) is 23.6 Å². The van der Waals surface area contributed by atoms with Crippen molar-refractivity contribution < 1.29 is 48.0 Å². The highest BCUT2D eigenvalue weighted by Gasteiger charge is 2.44. The van der Waals surface area contributed by atoms with E-state index in [9.17, 15) is 9.90 Å². The van der Waals surface area contributed by atoms with Crippen LogP contribution in [-0.2, 0) is 26.5 Å². The summed E-state index contributed by atoms with van der Waals surface area (Å²) in [7, 11) is 0. The predicted molar refractivity (Wildman–Crippen MR) is 475 cm³/mol. The van der Waals surface area contributed by atoms with Crippen molar-refractivity contribution in [1.82, 2.24) is 4.90 Å². The highest BCUT2D eigenvalue weighted by Crippen LogP contribution is 2.59. The second-order valence-electron chi connectivity index (χ2n) is 41.4. The number of nitrogens with zero attached hydrogens (tertiary/aromatic N) is 2. The number of benzene rings is 13. The van der Waals surface area contributed by atoms with E-state index in [-0.39, 0.29) is 88.9 Å². The maximum atomic E-state index is 16.6. The van der Waals surface area contributed by atoms with Gasteiger partial charge in [0.2, 0.25) is 0 Å².